The lowest BCUT2D eigenvalue weighted by Gasteiger charge is -2.39. The first-order chi connectivity index (χ1) is 69.6. The zero-order valence-corrected chi connectivity index (χ0v) is 85.3. The van der Waals surface area contributed by atoms with E-state index in [1.807, 2.05) is 0 Å². The van der Waals surface area contributed by atoms with Gasteiger partial charge in [0.1, 0.15) is 48.6 Å². The zero-order chi connectivity index (χ0) is 106. The Morgan fingerprint density at radius 3 is 1.04 bits per heavy atom. The average molecular weight is 2110 g/mol. The molecule has 19 unspecified atom stereocenters. The van der Waals surface area contributed by atoms with Gasteiger partial charge in [-0.2, -0.15) is 0 Å². The van der Waals surface area contributed by atoms with Crippen molar-refractivity contribution < 1.29 is 170 Å². The molecule has 145 heavy (non-hydrogen) atoms. The van der Waals surface area contributed by atoms with Crippen LogP contribution in [-0.2, 0) is 109 Å². The summed E-state index contributed by atoms with van der Waals surface area (Å²) in [6.07, 6.45) is -2.51. The smallest absolute Gasteiger partial charge is 0.327 e. The van der Waals surface area contributed by atoms with Crippen LogP contribution in [0.4, 0.5) is 0 Å². The minimum absolute atomic E-state index is 0.00382. The fourth-order valence-electron chi connectivity index (χ4n) is 16.1. The molecular formula is C94H157N14O35PS. The molecular weight excluding hydrogens is 1950 g/mol. The van der Waals surface area contributed by atoms with E-state index in [4.69, 9.17) is 47.2 Å². The monoisotopic (exact) mass is 2110 g/mol. The third kappa shape index (κ3) is 53.5. The minimum Gasteiger partial charge on any atom is -0.492 e. The summed E-state index contributed by atoms with van der Waals surface area (Å²) >= 11 is 1.26. The predicted octanol–water partition coefficient (Wildman–Crippen LogP) is -1.91. The van der Waals surface area contributed by atoms with Gasteiger partial charge in [-0.15, -0.1) is 11.8 Å². The van der Waals surface area contributed by atoms with Gasteiger partial charge in [0.2, 0.25) is 70.9 Å². The first kappa shape index (κ1) is 126. The molecule has 5 rings (SSSR count). The van der Waals surface area contributed by atoms with E-state index in [-0.39, 0.29) is 232 Å². The highest BCUT2D eigenvalue weighted by molar-refractivity contribution is 8.00. The maximum atomic E-state index is 14.2. The summed E-state index contributed by atoms with van der Waals surface area (Å²) in [7, 11) is -0.381. The van der Waals surface area contributed by atoms with Crippen molar-refractivity contribution in [1.29, 1.82) is 0 Å². The quantitative estimate of drug-likeness (QED) is 0.0250. The molecule has 1 aromatic rings. The lowest BCUT2D eigenvalue weighted by atomic mass is 10.00. The number of benzene rings is 1. The number of unbranched alkanes of at least 4 members (excludes halogenated alkanes) is 11. The van der Waals surface area contributed by atoms with E-state index in [0.29, 0.717) is 102 Å². The molecule has 51 heteroatoms. The first-order valence-corrected chi connectivity index (χ1v) is 52.1. The zero-order valence-electron chi connectivity index (χ0n) is 83.6. The van der Waals surface area contributed by atoms with Crippen molar-refractivity contribution in [3.05, 3.63) is 29.3 Å². The standard InChI is InChI=1S/C94H157N14O35PS/c1-58(113)103-82-71(117)49-65(54-109)140-91(82)135-39-19-11-27-76(121)95-31-16-9-24-69(107-79(124)29-13-21-41-137-93-84(105-60(3)115)73(119)51-67(56-111)142-93)88(130)101-36-34-99-86(128)62-46-63(48-64(47-62)134-44-38-97-78(123)26-8-7-15-33-98-90(132)75(53-81(126)127)145-45-23-6-5-18-43-139-144-133)87(129)100-35-37-102-89(131)70(108-80(125)30-14-22-42-138-94-85(106-61(4)116)74(120)52-68(57-112)143-94)25-10-17-32-96-77(122)28-12-20-40-136-92-83(104-59(2)114)72(118)50-66(55-110)141-92/h46-48,65-75,82-85,91-94,109-112,117-120H,5-45,49-57H2,1-4H3,(H,95,121)(H,96,122)(H,97,123)(H,98,132)(H,99,128)(H,100,129)(H,101,130)(H,102,131)(H,103,113)(H,104,114)(H,105,115)(H,106,116)(H,107,124)(H,108,125)(H,126,127). The van der Waals surface area contributed by atoms with Crippen LogP contribution < -0.4 is 79.2 Å². The van der Waals surface area contributed by atoms with E-state index < -0.39 is 200 Å². The van der Waals surface area contributed by atoms with E-state index in [2.05, 4.69) is 74.4 Å². The molecule has 0 aromatic heterocycles. The molecule has 19 atom stereocenters. The molecule has 1 aromatic carbocycles. The fourth-order valence-corrected chi connectivity index (χ4v) is 17.4. The van der Waals surface area contributed by atoms with Gasteiger partial charge in [-0.1, -0.05) is 19.3 Å². The topological polar surface area (TPSA) is 716 Å². The van der Waals surface area contributed by atoms with Crippen LogP contribution in [0.25, 0.3) is 0 Å². The van der Waals surface area contributed by atoms with Crippen molar-refractivity contribution in [2.45, 2.75) is 342 Å². The Morgan fingerprint density at radius 2 is 0.683 bits per heavy atom. The molecule has 14 amide bonds. The van der Waals surface area contributed by atoms with Gasteiger partial charge >= 0.3 is 14.7 Å². The molecule has 0 radical (unpaired) electrons. The molecule has 4 heterocycles. The maximum absolute atomic E-state index is 14.2. The molecule has 4 fully saturated rings. The normalized spacial score (nSPS) is 22.5. The number of aliphatic hydroxyl groups is 8. The number of carbonyl (C=O) groups excluding carboxylic acids is 14. The van der Waals surface area contributed by atoms with E-state index in [1.54, 1.807) is 0 Å². The summed E-state index contributed by atoms with van der Waals surface area (Å²) in [4.78, 5) is 195. The number of thioether (sulfide) groups is 1. The summed E-state index contributed by atoms with van der Waals surface area (Å²) < 4.78 is 67.7. The molecule has 23 N–H and O–H groups in total. The number of hydrogen-bond donors (Lipinski definition) is 23. The molecule has 0 bridgehead atoms. The second kappa shape index (κ2) is 73.9. The molecule has 0 saturated carbocycles. The number of aliphatic hydroxyl groups excluding tert-OH is 8. The van der Waals surface area contributed by atoms with Gasteiger partial charge in [-0.3, -0.25) is 76.4 Å². The number of hydrogen-bond acceptors (Lipinski definition) is 35. The SMILES string of the molecule is CC(=O)NC1C(O)CC(CO)OC1OCCCCC(=O)NCCCCC(NC(=O)CCCCOC1OC(CO)CC(O)C1NC(C)=O)C(=O)NCCNC(=O)c1cc(OCCNC(=O)CCCCCNC(=O)C(CC(=O)O)SCCCCCCOP=O)cc(C(=O)NCCNC(=O)C(CCCCNC(=O)CCCCOC2OC(CO)CC(O)C2NC(C)=O)NC(=O)CCCCOC2OC(CO)CC(O)C2NC(C)=O)c1. The van der Waals surface area contributed by atoms with Crippen LogP contribution in [-0.4, -0.2) is 374 Å². The van der Waals surface area contributed by atoms with Crippen LogP contribution in [0.15, 0.2) is 18.2 Å². The van der Waals surface area contributed by atoms with E-state index in [9.17, 15) is 122 Å². The van der Waals surface area contributed by atoms with Gasteiger partial charge < -0.3 is 163 Å². The second-order valence-electron chi connectivity index (χ2n) is 36.0. The maximum Gasteiger partial charge on any atom is 0.327 e. The summed E-state index contributed by atoms with van der Waals surface area (Å²) in [6, 6.07) is -1.92. The number of carboxylic acids is 1. The van der Waals surface area contributed by atoms with Crippen LogP contribution in [0.2, 0.25) is 0 Å². The van der Waals surface area contributed by atoms with Gasteiger partial charge in [-0.05, 0) is 140 Å². The number of aliphatic carboxylic acids is 1. The fraction of sp³-hybridized carbons (Fsp3) is 0.777. The Morgan fingerprint density at radius 1 is 0.366 bits per heavy atom. The molecule has 4 aliphatic rings. The molecule has 49 nitrogen and oxygen atoms in total. The average Bonchev–Trinajstić information content (AvgIpc) is 0.833. The predicted molar refractivity (Wildman–Crippen MR) is 520 cm³/mol. The molecule has 824 valence electrons. The lowest BCUT2D eigenvalue weighted by Crippen LogP contribution is -2.58. The number of rotatable bonds is 76. The van der Waals surface area contributed by atoms with Gasteiger partial charge in [0, 0.05) is 169 Å². The van der Waals surface area contributed by atoms with Crippen LogP contribution in [0.3, 0.4) is 0 Å². The van der Waals surface area contributed by atoms with Gasteiger partial charge in [0.25, 0.3) is 11.8 Å². The summed E-state index contributed by atoms with van der Waals surface area (Å²) in [5.41, 5.74) is -0.199. The molecule has 0 spiro atoms. The van der Waals surface area contributed by atoms with Crippen LogP contribution in [0.1, 0.15) is 247 Å². The van der Waals surface area contributed by atoms with Crippen LogP contribution >= 0.6 is 20.4 Å². The van der Waals surface area contributed by atoms with Gasteiger partial charge in [0.15, 0.2) is 25.2 Å². The highest BCUT2D eigenvalue weighted by atomic mass is 32.2. The van der Waals surface area contributed by atoms with Crippen molar-refractivity contribution in [3.63, 3.8) is 0 Å². The van der Waals surface area contributed by atoms with E-state index in [1.165, 1.54) is 57.7 Å². The number of carbonyl (C=O) groups is 15. The number of carboxylic acid groups (broad SMARTS) is 1. The Labute approximate surface area is 850 Å². The molecule has 4 saturated heterocycles. The minimum atomic E-state index is -1.12. The Kier molecular flexibility index (Phi) is 64.3. The highest BCUT2D eigenvalue weighted by Gasteiger charge is 2.44. The number of nitrogens with one attached hydrogen (secondary N) is 14. The Hall–Kier alpha value is -9.16. The summed E-state index contributed by atoms with van der Waals surface area (Å²) in [5.74, 6) is -7.31. The van der Waals surface area contributed by atoms with E-state index in [0.717, 1.165) is 19.3 Å². The van der Waals surface area contributed by atoms with Gasteiger partial charge in [-0.25, -0.2) is 4.57 Å². The van der Waals surface area contributed by atoms with Crippen LogP contribution in [0.5, 0.6) is 5.75 Å². The highest BCUT2D eigenvalue weighted by Crippen LogP contribution is 2.28. The number of amides is 14. The summed E-state index contributed by atoms with van der Waals surface area (Å²) in [5, 5.41) is 128. The Bertz CT molecular complexity index is 3890. The van der Waals surface area contributed by atoms with Crippen molar-refractivity contribution >= 4 is 109 Å². The van der Waals surface area contributed by atoms with Crippen molar-refractivity contribution in [3.8, 4) is 5.75 Å². The largest absolute Gasteiger partial charge is 0.492 e. The first-order valence-electron chi connectivity index (χ1n) is 50.3. The second-order valence-corrected chi connectivity index (χ2v) is 37.7. The third-order valence-corrected chi connectivity index (χ3v) is 25.2. The van der Waals surface area contributed by atoms with Crippen molar-refractivity contribution in [2.24, 2.45) is 0 Å². The van der Waals surface area contributed by atoms with Crippen molar-refractivity contribution in [2.75, 3.05) is 124 Å². The molecule has 0 aliphatic carbocycles. The Balaban J connectivity index is 1.24. The molecule has 4 aliphatic heterocycles. The summed E-state index contributed by atoms with van der Waals surface area (Å²) in [6.45, 7) is 3.82. The number of ether oxygens (including phenoxy) is 9. The van der Waals surface area contributed by atoms with Crippen molar-refractivity contribution in [1.82, 2.24) is 74.4 Å². The third-order valence-electron chi connectivity index (χ3n) is 23.6. The van der Waals surface area contributed by atoms with Crippen LogP contribution in [0, 0.1) is 0 Å². The lowest BCUT2D eigenvalue weighted by molar-refractivity contribution is -0.237. The van der Waals surface area contributed by atoms with Gasteiger partial charge in [0.05, 0.1) is 100 Å². The van der Waals surface area contributed by atoms with E-state index >= 15 is 0 Å².